The number of carboxylic acid groups (broad SMARTS) is 1. The molecule has 1 aromatic rings. The van der Waals surface area contributed by atoms with Gasteiger partial charge in [-0.3, -0.25) is 4.90 Å². The molecule has 2 rings (SSSR count). The fourth-order valence-electron chi connectivity index (χ4n) is 2.09. The zero-order valence-corrected chi connectivity index (χ0v) is 10.7. The Morgan fingerprint density at radius 1 is 1.59 bits per heavy atom. The topological polar surface area (TPSA) is 40.5 Å². The summed E-state index contributed by atoms with van der Waals surface area (Å²) < 4.78 is 0. The van der Waals surface area contributed by atoms with Gasteiger partial charge in [-0.05, 0) is 36.9 Å². The van der Waals surface area contributed by atoms with Gasteiger partial charge in [0.1, 0.15) is 0 Å². The van der Waals surface area contributed by atoms with Gasteiger partial charge in [0, 0.05) is 18.3 Å². The minimum absolute atomic E-state index is 0.372. The third-order valence-electron chi connectivity index (χ3n) is 3.13. The van der Waals surface area contributed by atoms with Crippen molar-refractivity contribution in [1.82, 2.24) is 4.90 Å². The fraction of sp³-hybridized carbons (Fsp3) is 0.462. The normalized spacial score (nSPS) is 19.8. The largest absolute Gasteiger partial charge is 0.478 e. The standard InChI is InChI=1S/C13H17NO2S/c1-14(12-5-6-17-9-12)8-10-3-2-4-11(7-10)13(15)16/h2-4,7,12H,5-6,8-9H2,1H3,(H,15,16). The molecule has 0 bridgehead atoms. The molecule has 1 aliphatic heterocycles. The average Bonchev–Trinajstić information content (AvgIpc) is 2.82. The monoisotopic (exact) mass is 251 g/mol. The van der Waals surface area contributed by atoms with Gasteiger partial charge in [0.05, 0.1) is 5.56 Å². The molecule has 0 amide bonds. The van der Waals surface area contributed by atoms with Gasteiger partial charge in [-0.2, -0.15) is 11.8 Å². The Labute approximate surface area is 106 Å². The molecule has 17 heavy (non-hydrogen) atoms. The second-order valence-corrected chi connectivity index (χ2v) is 5.59. The Kier molecular flexibility index (Phi) is 4.07. The highest BCUT2D eigenvalue weighted by molar-refractivity contribution is 7.99. The number of thioether (sulfide) groups is 1. The lowest BCUT2D eigenvalue weighted by Gasteiger charge is -2.23. The van der Waals surface area contributed by atoms with Gasteiger partial charge in [0.15, 0.2) is 0 Å². The smallest absolute Gasteiger partial charge is 0.335 e. The van der Waals surface area contributed by atoms with Crippen molar-refractivity contribution in [1.29, 1.82) is 0 Å². The first-order valence-electron chi connectivity index (χ1n) is 5.77. The Bertz CT molecular complexity index is 402. The van der Waals surface area contributed by atoms with E-state index in [1.165, 1.54) is 17.9 Å². The second-order valence-electron chi connectivity index (χ2n) is 4.44. The highest BCUT2D eigenvalue weighted by Crippen LogP contribution is 2.22. The van der Waals surface area contributed by atoms with Crippen molar-refractivity contribution in [2.45, 2.75) is 19.0 Å². The van der Waals surface area contributed by atoms with Crippen molar-refractivity contribution in [2.75, 3.05) is 18.6 Å². The summed E-state index contributed by atoms with van der Waals surface area (Å²) in [6, 6.07) is 7.84. The van der Waals surface area contributed by atoms with E-state index in [0.29, 0.717) is 11.6 Å². The predicted octanol–water partition coefficient (Wildman–Crippen LogP) is 2.32. The third-order valence-corrected chi connectivity index (χ3v) is 4.28. The van der Waals surface area contributed by atoms with Crippen molar-refractivity contribution in [3.8, 4) is 0 Å². The van der Waals surface area contributed by atoms with E-state index in [4.69, 9.17) is 5.11 Å². The van der Waals surface area contributed by atoms with Crippen LogP contribution in [0.4, 0.5) is 0 Å². The summed E-state index contributed by atoms with van der Waals surface area (Å²) in [6.07, 6.45) is 1.24. The summed E-state index contributed by atoms with van der Waals surface area (Å²) in [5.41, 5.74) is 1.45. The van der Waals surface area contributed by atoms with Crippen LogP contribution in [0.3, 0.4) is 0 Å². The Balaban J connectivity index is 2.02. The van der Waals surface area contributed by atoms with Crippen LogP contribution in [0.2, 0.25) is 0 Å². The molecule has 1 N–H and O–H groups in total. The lowest BCUT2D eigenvalue weighted by Crippen LogP contribution is -2.30. The van der Waals surface area contributed by atoms with Crippen LogP contribution in [0, 0.1) is 0 Å². The van der Waals surface area contributed by atoms with Gasteiger partial charge in [-0.1, -0.05) is 12.1 Å². The van der Waals surface area contributed by atoms with Crippen molar-refractivity contribution >= 4 is 17.7 Å². The van der Waals surface area contributed by atoms with Crippen LogP contribution in [-0.4, -0.2) is 40.6 Å². The molecule has 1 fully saturated rings. The molecule has 0 radical (unpaired) electrons. The molecule has 0 aromatic heterocycles. The first-order chi connectivity index (χ1) is 8.16. The van der Waals surface area contributed by atoms with E-state index in [2.05, 4.69) is 11.9 Å². The molecule has 92 valence electrons. The molecule has 3 nitrogen and oxygen atoms in total. The highest BCUT2D eigenvalue weighted by atomic mass is 32.2. The van der Waals surface area contributed by atoms with E-state index in [9.17, 15) is 4.79 Å². The molecule has 4 heteroatoms. The fourth-order valence-corrected chi connectivity index (χ4v) is 3.39. The van der Waals surface area contributed by atoms with Crippen molar-refractivity contribution in [3.63, 3.8) is 0 Å². The Hall–Kier alpha value is -1.00. The van der Waals surface area contributed by atoms with Crippen LogP contribution >= 0.6 is 11.8 Å². The minimum Gasteiger partial charge on any atom is -0.478 e. The molecule has 1 saturated heterocycles. The molecule has 1 aliphatic rings. The lowest BCUT2D eigenvalue weighted by molar-refractivity contribution is 0.0696. The number of hydrogen-bond donors (Lipinski definition) is 1. The van der Waals surface area contributed by atoms with E-state index in [0.717, 1.165) is 12.1 Å². The highest BCUT2D eigenvalue weighted by Gasteiger charge is 2.20. The molecular formula is C13H17NO2S. The number of nitrogens with zero attached hydrogens (tertiary/aromatic N) is 1. The molecular weight excluding hydrogens is 234 g/mol. The maximum atomic E-state index is 10.9. The molecule has 0 saturated carbocycles. The summed E-state index contributed by atoms with van der Waals surface area (Å²) in [5.74, 6) is 1.57. The van der Waals surface area contributed by atoms with Crippen LogP contribution in [-0.2, 0) is 6.54 Å². The summed E-state index contributed by atoms with van der Waals surface area (Å²) in [4.78, 5) is 13.2. The SMILES string of the molecule is CN(Cc1cccc(C(=O)O)c1)C1CCSC1. The Morgan fingerprint density at radius 3 is 3.06 bits per heavy atom. The van der Waals surface area contributed by atoms with E-state index in [1.807, 2.05) is 23.9 Å². The van der Waals surface area contributed by atoms with Crippen molar-refractivity contribution in [3.05, 3.63) is 35.4 Å². The van der Waals surface area contributed by atoms with Gasteiger partial charge in [-0.25, -0.2) is 4.79 Å². The lowest BCUT2D eigenvalue weighted by atomic mass is 10.1. The third kappa shape index (κ3) is 3.23. The minimum atomic E-state index is -0.856. The molecule has 1 atom stereocenters. The summed E-state index contributed by atoms with van der Waals surface area (Å²) >= 11 is 1.99. The number of hydrogen-bond acceptors (Lipinski definition) is 3. The maximum absolute atomic E-state index is 10.9. The second kappa shape index (κ2) is 5.56. The summed E-state index contributed by atoms with van der Waals surface area (Å²) in [5, 5.41) is 8.94. The van der Waals surface area contributed by atoms with Gasteiger partial charge < -0.3 is 5.11 Å². The van der Waals surface area contributed by atoms with Crippen LogP contribution in [0.15, 0.2) is 24.3 Å². The molecule has 0 aliphatic carbocycles. The van der Waals surface area contributed by atoms with E-state index >= 15 is 0 Å². The first-order valence-corrected chi connectivity index (χ1v) is 6.92. The van der Waals surface area contributed by atoms with Gasteiger partial charge >= 0.3 is 5.97 Å². The van der Waals surface area contributed by atoms with Crippen LogP contribution in [0.25, 0.3) is 0 Å². The van der Waals surface area contributed by atoms with Gasteiger partial charge in [-0.15, -0.1) is 0 Å². The number of aromatic carboxylic acids is 1. The van der Waals surface area contributed by atoms with Crippen LogP contribution < -0.4 is 0 Å². The molecule has 0 spiro atoms. The van der Waals surface area contributed by atoms with Gasteiger partial charge in [0.2, 0.25) is 0 Å². The number of carbonyl (C=O) groups is 1. The average molecular weight is 251 g/mol. The quantitative estimate of drug-likeness (QED) is 0.891. The van der Waals surface area contributed by atoms with Crippen LogP contribution in [0.1, 0.15) is 22.3 Å². The van der Waals surface area contributed by atoms with E-state index < -0.39 is 5.97 Å². The zero-order chi connectivity index (χ0) is 12.3. The van der Waals surface area contributed by atoms with Crippen LogP contribution in [0.5, 0.6) is 0 Å². The maximum Gasteiger partial charge on any atom is 0.335 e. The number of carboxylic acids is 1. The number of benzene rings is 1. The molecule has 1 unspecified atom stereocenters. The Morgan fingerprint density at radius 2 is 2.41 bits per heavy atom. The van der Waals surface area contributed by atoms with Gasteiger partial charge in [0.25, 0.3) is 0 Å². The summed E-state index contributed by atoms with van der Waals surface area (Å²) in [6.45, 7) is 0.826. The first kappa shape index (κ1) is 12.5. The number of rotatable bonds is 4. The van der Waals surface area contributed by atoms with Crippen molar-refractivity contribution < 1.29 is 9.90 Å². The predicted molar refractivity (Wildman–Crippen MR) is 70.6 cm³/mol. The van der Waals surface area contributed by atoms with Crippen molar-refractivity contribution in [2.24, 2.45) is 0 Å². The van der Waals surface area contributed by atoms with E-state index in [-0.39, 0.29) is 0 Å². The molecule has 1 heterocycles. The zero-order valence-electron chi connectivity index (χ0n) is 9.93. The van der Waals surface area contributed by atoms with E-state index in [1.54, 1.807) is 12.1 Å². The summed E-state index contributed by atoms with van der Waals surface area (Å²) in [7, 11) is 2.12. The molecule has 1 aromatic carbocycles.